The van der Waals surface area contributed by atoms with Gasteiger partial charge in [-0.1, -0.05) is 26.8 Å². The van der Waals surface area contributed by atoms with E-state index in [-0.39, 0.29) is 12.0 Å². The Balaban J connectivity index is 2.27. The average molecular weight is 277 g/mol. The SMILES string of the molecule is COc1cc(C(C)(C)C)ccc1N1CCCC(CO)C1. The molecule has 0 radical (unpaired) electrons. The number of hydrogen-bond donors (Lipinski definition) is 1. The molecule has 1 heterocycles. The number of aliphatic hydroxyl groups excluding tert-OH is 1. The smallest absolute Gasteiger partial charge is 0.142 e. The number of methoxy groups -OCH3 is 1. The van der Waals surface area contributed by atoms with Crippen LogP contribution in [0.4, 0.5) is 5.69 Å². The van der Waals surface area contributed by atoms with Crippen LogP contribution >= 0.6 is 0 Å². The van der Waals surface area contributed by atoms with Crippen molar-refractivity contribution in [2.75, 3.05) is 31.7 Å². The molecule has 20 heavy (non-hydrogen) atoms. The number of rotatable bonds is 3. The van der Waals surface area contributed by atoms with Gasteiger partial charge in [-0.2, -0.15) is 0 Å². The van der Waals surface area contributed by atoms with Gasteiger partial charge in [-0.25, -0.2) is 0 Å². The Morgan fingerprint density at radius 2 is 2.10 bits per heavy atom. The van der Waals surface area contributed by atoms with Crippen LogP contribution in [0.15, 0.2) is 18.2 Å². The third-order valence-corrected chi connectivity index (χ3v) is 4.16. The van der Waals surface area contributed by atoms with E-state index in [1.165, 1.54) is 5.56 Å². The molecule has 2 rings (SSSR count). The molecule has 1 saturated heterocycles. The Hall–Kier alpha value is -1.22. The second-order valence-corrected chi connectivity index (χ2v) is 6.77. The van der Waals surface area contributed by atoms with Crippen LogP contribution in [-0.4, -0.2) is 31.9 Å². The van der Waals surface area contributed by atoms with Gasteiger partial charge in [0, 0.05) is 19.7 Å². The van der Waals surface area contributed by atoms with Crippen molar-refractivity contribution in [1.29, 1.82) is 0 Å². The molecule has 1 atom stereocenters. The van der Waals surface area contributed by atoms with Gasteiger partial charge in [0.15, 0.2) is 0 Å². The van der Waals surface area contributed by atoms with Crippen LogP contribution in [0.5, 0.6) is 5.75 Å². The highest BCUT2D eigenvalue weighted by Gasteiger charge is 2.23. The van der Waals surface area contributed by atoms with E-state index in [2.05, 4.69) is 43.9 Å². The minimum absolute atomic E-state index is 0.126. The lowest BCUT2D eigenvalue weighted by Gasteiger charge is -2.35. The van der Waals surface area contributed by atoms with Crippen molar-refractivity contribution in [2.24, 2.45) is 5.92 Å². The molecule has 1 unspecified atom stereocenters. The summed E-state index contributed by atoms with van der Waals surface area (Å²) in [6, 6.07) is 6.51. The maximum Gasteiger partial charge on any atom is 0.142 e. The van der Waals surface area contributed by atoms with Gasteiger partial charge in [0.05, 0.1) is 12.8 Å². The molecule has 1 aliphatic heterocycles. The predicted molar refractivity (Wildman–Crippen MR) is 83.7 cm³/mol. The summed E-state index contributed by atoms with van der Waals surface area (Å²) in [4.78, 5) is 2.34. The topological polar surface area (TPSA) is 32.7 Å². The lowest BCUT2D eigenvalue weighted by molar-refractivity contribution is 0.208. The van der Waals surface area contributed by atoms with Crippen LogP contribution in [0, 0.1) is 5.92 Å². The fourth-order valence-electron chi connectivity index (χ4n) is 2.84. The third kappa shape index (κ3) is 3.26. The molecule has 112 valence electrons. The number of hydrogen-bond acceptors (Lipinski definition) is 3. The van der Waals surface area contributed by atoms with E-state index in [0.717, 1.165) is 37.4 Å². The Morgan fingerprint density at radius 1 is 1.35 bits per heavy atom. The second-order valence-electron chi connectivity index (χ2n) is 6.77. The fourth-order valence-corrected chi connectivity index (χ4v) is 2.84. The Kier molecular flexibility index (Phi) is 4.59. The zero-order chi connectivity index (χ0) is 14.8. The number of nitrogens with zero attached hydrogens (tertiary/aromatic N) is 1. The van der Waals surface area contributed by atoms with Gasteiger partial charge < -0.3 is 14.7 Å². The van der Waals surface area contributed by atoms with E-state index in [0.29, 0.717) is 5.92 Å². The van der Waals surface area contributed by atoms with Crippen LogP contribution in [0.1, 0.15) is 39.2 Å². The molecule has 0 amide bonds. The first-order valence-electron chi connectivity index (χ1n) is 7.50. The number of benzene rings is 1. The second kappa shape index (κ2) is 6.04. The van der Waals surface area contributed by atoms with E-state index in [4.69, 9.17) is 4.74 Å². The molecule has 3 heteroatoms. The molecule has 1 N–H and O–H groups in total. The zero-order valence-electron chi connectivity index (χ0n) is 13.1. The largest absolute Gasteiger partial charge is 0.495 e. The summed E-state index contributed by atoms with van der Waals surface area (Å²) in [5.41, 5.74) is 2.56. The van der Waals surface area contributed by atoms with Gasteiger partial charge in [-0.05, 0) is 41.9 Å². The summed E-state index contributed by atoms with van der Waals surface area (Å²) in [6.07, 6.45) is 2.25. The molecule has 0 aliphatic carbocycles. The summed E-state index contributed by atoms with van der Waals surface area (Å²) >= 11 is 0. The van der Waals surface area contributed by atoms with Crippen molar-refractivity contribution in [3.63, 3.8) is 0 Å². The quantitative estimate of drug-likeness (QED) is 0.921. The Morgan fingerprint density at radius 3 is 2.70 bits per heavy atom. The Labute approximate surface area is 122 Å². The first kappa shape index (κ1) is 15.2. The van der Waals surface area contributed by atoms with Gasteiger partial charge in [-0.15, -0.1) is 0 Å². The molecule has 0 bridgehead atoms. The molecule has 1 aromatic carbocycles. The maximum absolute atomic E-state index is 9.38. The van der Waals surface area contributed by atoms with Gasteiger partial charge >= 0.3 is 0 Å². The molecular weight excluding hydrogens is 250 g/mol. The minimum Gasteiger partial charge on any atom is -0.495 e. The lowest BCUT2D eigenvalue weighted by Crippen LogP contribution is -2.37. The van der Waals surface area contributed by atoms with Crippen molar-refractivity contribution < 1.29 is 9.84 Å². The highest BCUT2D eigenvalue weighted by molar-refractivity contribution is 5.60. The third-order valence-electron chi connectivity index (χ3n) is 4.16. The molecule has 1 fully saturated rings. The van der Waals surface area contributed by atoms with E-state index in [1.54, 1.807) is 7.11 Å². The fraction of sp³-hybridized carbons (Fsp3) is 0.647. The van der Waals surface area contributed by atoms with Crippen molar-refractivity contribution in [2.45, 2.75) is 39.0 Å². The van der Waals surface area contributed by atoms with Crippen molar-refractivity contribution in [1.82, 2.24) is 0 Å². The van der Waals surface area contributed by atoms with Crippen LogP contribution in [0.25, 0.3) is 0 Å². The van der Waals surface area contributed by atoms with Crippen LogP contribution in [-0.2, 0) is 5.41 Å². The molecule has 3 nitrogen and oxygen atoms in total. The van der Waals surface area contributed by atoms with Crippen molar-refractivity contribution >= 4 is 5.69 Å². The van der Waals surface area contributed by atoms with Crippen LogP contribution in [0.2, 0.25) is 0 Å². The average Bonchev–Trinajstić information content (AvgIpc) is 2.45. The zero-order valence-corrected chi connectivity index (χ0v) is 13.1. The van der Waals surface area contributed by atoms with Crippen molar-refractivity contribution in [3.05, 3.63) is 23.8 Å². The molecule has 0 spiro atoms. The number of aliphatic hydroxyl groups is 1. The van der Waals surface area contributed by atoms with Gasteiger partial charge in [0.25, 0.3) is 0 Å². The van der Waals surface area contributed by atoms with Gasteiger partial charge in [0.1, 0.15) is 5.75 Å². The van der Waals surface area contributed by atoms with E-state index in [1.807, 2.05) is 0 Å². The highest BCUT2D eigenvalue weighted by atomic mass is 16.5. The lowest BCUT2D eigenvalue weighted by atomic mass is 9.86. The van der Waals surface area contributed by atoms with Gasteiger partial charge in [-0.3, -0.25) is 0 Å². The molecular formula is C17H27NO2. The Bertz CT molecular complexity index is 451. The number of anilines is 1. The highest BCUT2D eigenvalue weighted by Crippen LogP contribution is 2.35. The normalized spacial score (nSPS) is 20.1. The van der Waals surface area contributed by atoms with Crippen LogP contribution < -0.4 is 9.64 Å². The summed E-state index contributed by atoms with van der Waals surface area (Å²) in [7, 11) is 1.73. The van der Waals surface area contributed by atoms with Gasteiger partial charge in [0.2, 0.25) is 0 Å². The maximum atomic E-state index is 9.38. The molecule has 1 aromatic rings. The first-order chi connectivity index (χ1) is 9.45. The van der Waals surface area contributed by atoms with E-state index in [9.17, 15) is 5.11 Å². The summed E-state index contributed by atoms with van der Waals surface area (Å²) in [6.45, 7) is 8.88. The van der Waals surface area contributed by atoms with Crippen molar-refractivity contribution in [3.8, 4) is 5.75 Å². The molecule has 0 saturated carbocycles. The predicted octanol–water partition coefficient (Wildman–Crippen LogP) is 3.20. The molecule has 1 aliphatic rings. The monoisotopic (exact) mass is 277 g/mol. The van der Waals surface area contributed by atoms with E-state index >= 15 is 0 Å². The number of piperidine rings is 1. The summed E-state index contributed by atoms with van der Waals surface area (Å²) in [5, 5.41) is 9.38. The standard InChI is InChI=1S/C17H27NO2/c1-17(2,3)14-7-8-15(16(10-14)20-4)18-9-5-6-13(11-18)12-19/h7-8,10,13,19H,5-6,9,11-12H2,1-4H3. The van der Waals surface area contributed by atoms with Crippen LogP contribution in [0.3, 0.4) is 0 Å². The summed E-state index contributed by atoms with van der Waals surface area (Å²) in [5.74, 6) is 1.33. The summed E-state index contributed by atoms with van der Waals surface area (Å²) < 4.78 is 5.60. The molecule has 0 aromatic heterocycles. The first-order valence-corrected chi connectivity index (χ1v) is 7.50. The minimum atomic E-state index is 0.126. The van der Waals surface area contributed by atoms with E-state index < -0.39 is 0 Å². The number of ether oxygens (including phenoxy) is 1.